The minimum atomic E-state index is -0.775. The van der Waals surface area contributed by atoms with Crippen molar-refractivity contribution in [2.24, 2.45) is 0 Å². The van der Waals surface area contributed by atoms with Crippen molar-refractivity contribution in [3.63, 3.8) is 0 Å². The topological polar surface area (TPSA) is 78.9 Å². The summed E-state index contributed by atoms with van der Waals surface area (Å²) in [5.41, 5.74) is 0. The van der Waals surface area contributed by atoms with E-state index in [-0.39, 0.29) is 31.1 Å². The third-order valence-corrected chi connectivity index (χ3v) is 13.4. The summed E-state index contributed by atoms with van der Waals surface area (Å²) in [6.45, 7) is 6.65. The summed E-state index contributed by atoms with van der Waals surface area (Å²) >= 11 is 0. The Morgan fingerprint density at radius 1 is 0.294 bits per heavy atom. The van der Waals surface area contributed by atoms with Gasteiger partial charge in [0.05, 0.1) is 0 Å². The molecule has 398 valence electrons. The fourth-order valence-corrected chi connectivity index (χ4v) is 8.82. The summed E-state index contributed by atoms with van der Waals surface area (Å²) < 4.78 is 16.9. The van der Waals surface area contributed by atoms with Gasteiger partial charge in [0.15, 0.2) is 6.10 Å². The van der Waals surface area contributed by atoms with Crippen LogP contribution in [0, 0.1) is 0 Å². The van der Waals surface area contributed by atoms with Gasteiger partial charge in [0.1, 0.15) is 13.2 Å². The van der Waals surface area contributed by atoms with E-state index in [0.29, 0.717) is 19.3 Å². The number of esters is 3. The third kappa shape index (κ3) is 54.6. The lowest BCUT2D eigenvalue weighted by Crippen LogP contribution is -2.30. The van der Waals surface area contributed by atoms with E-state index >= 15 is 0 Å². The average Bonchev–Trinajstić information content (AvgIpc) is 3.34. The van der Waals surface area contributed by atoms with Crippen LogP contribution in [0.15, 0.2) is 36.5 Å². The molecule has 0 aliphatic carbocycles. The molecular formula is C62H114O6. The van der Waals surface area contributed by atoms with Crippen molar-refractivity contribution in [3.8, 4) is 0 Å². The Labute approximate surface area is 423 Å². The molecule has 0 spiro atoms. The van der Waals surface area contributed by atoms with E-state index in [0.717, 1.165) is 70.6 Å². The first-order chi connectivity index (χ1) is 33.5. The average molecular weight is 956 g/mol. The number of hydrogen-bond acceptors (Lipinski definition) is 6. The van der Waals surface area contributed by atoms with E-state index in [1.165, 1.54) is 212 Å². The van der Waals surface area contributed by atoms with Crippen LogP contribution >= 0.6 is 0 Å². The van der Waals surface area contributed by atoms with Gasteiger partial charge in [-0.05, 0) is 77.0 Å². The van der Waals surface area contributed by atoms with E-state index < -0.39 is 6.10 Å². The van der Waals surface area contributed by atoms with Crippen LogP contribution in [0.1, 0.15) is 323 Å². The van der Waals surface area contributed by atoms with Crippen LogP contribution in [-0.2, 0) is 28.6 Å². The fourth-order valence-electron chi connectivity index (χ4n) is 8.82. The molecule has 68 heavy (non-hydrogen) atoms. The van der Waals surface area contributed by atoms with Crippen LogP contribution in [-0.4, -0.2) is 37.2 Å². The molecule has 1 atom stereocenters. The maximum atomic E-state index is 12.9. The summed E-state index contributed by atoms with van der Waals surface area (Å²) in [4.78, 5) is 38.2. The second-order valence-electron chi connectivity index (χ2n) is 20.3. The van der Waals surface area contributed by atoms with Crippen LogP contribution in [0.5, 0.6) is 0 Å². The molecule has 0 saturated carbocycles. The molecule has 0 bridgehead atoms. The van der Waals surface area contributed by atoms with Crippen molar-refractivity contribution in [2.45, 2.75) is 329 Å². The second kappa shape index (κ2) is 57.2. The Kier molecular flexibility index (Phi) is 55.2. The molecule has 0 rings (SSSR count). The molecule has 0 radical (unpaired) electrons. The molecule has 0 amide bonds. The van der Waals surface area contributed by atoms with Crippen LogP contribution in [0.2, 0.25) is 0 Å². The standard InChI is InChI=1S/C62H114O6/c1-4-7-10-13-16-19-22-25-28-31-34-37-40-43-46-49-52-55-61(64)67-58-59(57-66-60(63)54-51-48-45-42-39-36-33-30-27-24-21-18-15-12-9-6-3)68-62(65)56-53-50-47-44-41-38-35-32-29-26-23-20-17-14-11-8-5-2/h16,19,25-26,28-29,59H,4-15,17-18,20-24,27,30-58H2,1-3H3/b19-16-,28-25-,29-26-. The number of carbonyl (C=O) groups is 3. The van der Waals surface area contributed by atoms with Gasteiger partial charge < -0.3 is 14.2 Å². The Morgan fingerprint density at radius 2 is 0.529 bits per heavy atom. The lowest BCUT2D eigenvalue weighted by molar-refractivity contribution is -0.167. The molecular weight excluding hydrogens is 841 g/mol. The minimum absolute atomic E-state index is 0.0725. The Hall–Kier alpha value is -2.37. The van der Waals surface area contributed by atoms with E-state index in [2.05, 4.69) is 57.2 Å². The molecule has 6 heteroatoms. The van der Waals surface area contributed by atoms with Gasteiger partial charge in [0.25, 0.3) is 0 Å². The van der Waals surface area contributed by atoms with Gasteiger partial charge in [0.2, 0.25) is 0 Å². The predicted octanol–water partition coefficient (Wildman–Crippen LogP) is 20.0. The van der Waals surface area contributed by atoms with Crippen molar-refractivity contribution in [1.82, 2.24) is 0 Å². The number of ether oxygens (including phenoxy) is 3. The SMILES string of the molecule is CCCCC/C=C\C/C=C\CCCCCCCCCC(=O)OCC(COC(=O)CCCCCCCCCCCCCCCCCC)OC(=O)CCCCCCCCC/C=C\CCCCCCCC. The first-order valence-electron chi connectivity index (χ1n) is 30.0. The van der Waals surface area contributed by atoms with Crippen molar-refractivity contribution in [2.75, 3.05) is 13.2 Å². The molecule has 0 aromatic rings. The normalized spacial score (nSPS) is 12.2. The van der Waals surface area contributed by atoms with E-state index in [1.807, 2.05) is 0 Å². The first-order valence-corrected chi connectivity index (χ1v) is 30.0. The highest BCUT2D eigenvalue weighted by Crippen LogP contribution is 2.17. The molecule has 0 aliphatic rings. The van der Waals surface area contributed by atoms with Crippen LogP contribution in [0.3, 0.4) is 0 Å². The summed E-state index contributed by atoms with van der Waals surface area (Å²) in [7, 11) is 0. The van der Waals surface area contributed by atoms with Gasteiger partial charge in [-0.1, -0.05) is 263 Å². The molecule has 0 N–H and O–H groups in total. The first kappa shape index (κ1) is 65.6. The highest BCUT2D eigenvalue weighted by Gasteiger charge is 2.19. The number of hydrogen-bond donors (Lipinski definition) is 0. The maximum Gasteiger partial charge on any atom is 0.306 e. The van der Waals surface area contributed by atoms with Crippen molar-refractivity contribution in [1.29, 1.82) is 0 Å². The van der Waals surface area contributed by atoms with Gasteiger partial charge in [-0.2, -0.15) is 0 Å². The van der Waals surface area contributed by atoms with Crippen molar-refractivity contribution < 1.29 is 28.6 Å². The van der Waals surface area contributed by atoms with E-state index in [1.54, 1.807) is 0 Å². The molecule has 0 aromatic carbocycles. The van der Waals surface area contributed by atoms with Gasteiger partial charge in [-0.3, -0.25) is 14.4 Å². The highest BCUT2D eigenvalue weighted by atomic mass is 16.6. The molecule has 0 saturated heterocycles. The molecule has 6 nitrogen and oxygen atoms in total. The summed E-state index contributed by atoms with van der Waals surface area (Å²) in [5, 5.41) is 0. The predicted molar refractivity (Wildman–Crippen MR) is 293 cm³/mol. The summed E-state index contributed by atoms with van der Waals surface area (Å²) in [6, 6.07) is 0. The fraction of sp³-hybridized carbons (Fsp3) is 0.855. The van der Waals surface area contributed by atoms with Crippen LogP contribution < -0.4 is 0 Å². The third-order valence-electron chi connectivity index (χ3n) is 13.4. The van der Waals surface area contributed by atoms with Crippen LogP contribution in [0.25, 0.3) is 0 Å². The number of rotatable bonds is 55. The Balaban J connectivity index is 4.36. The van der Waals surface area contributed by atoms with Gasteiger partial charge in [-0.25, -0.2) is 0 Å². The van der Waals surface area contributed by atoms with Gasteiger partial charge >= 0.3 is 17.9 Å². The van der Waals surface area contributed by atoms with E-state index in [9.17, 15) is 14.4 Å². The molecule has 1 unspecified atom stereocenters. The zero-order chi connectivity index (χ0) is 49.3. The number of unbranched alkanes of at least 4 members (excludes halogenated alkanes) is 38. The second-order valence-corrected chi connectivity index (χ2v) is 20.3. The lowest BCUT2D eigenvalue weighted by Gasteiger charge is -2.18. The molecule has 0 heterocycles. The number of allylic oxidation sites excluding steroid dienone is 6. The zero-order valence-corrected chi connectivity index (χ0v) is 45.6. The zero-order valence-electron chi connectivity index (χ0n) is 45.6. The summed E-state index contributed by atoms with van der Waals surface area (Å²) in [6.07, 6.45) is 68.4. The lowest BCUT2D eigenvalue weighted by atomic mass is 10.0. The monoisotopic (exact) mass is 955 g/mol. The van der Waals surface area contributed by atoms with Gasteiger partial charge in [-0.15, -0.1) is 0 Å². The largest absolute Gasteiger partial charge is 0.462 e. The molecule has 0 fully saturated rings. The van der Waals surface area contributed by atoms with Crippen molar-refractivity contribution in [3.05, 3.63) is 36.5 Å². The van der Waals surface area contributed by atoms with Crippen LogP contribution in [0.4, 0.5) is 0 Å². The van der Waals surface area contributed by atoms with Crippen molar-refractivity contribution >= 4 is 17.9 Å². The summed E-state index contributed by atoms with van der Waals surface area (Å²) in [5.74, 6) is -0.865. The maximum absolute atomic E-state index is 12.9. The van der Waals surface area contributed by atoms with E-state index in [4.69, 9.17) is 14.2 Å². The quantitative estimate of drug-likeness (QED) is 0.0262. The number of carbonyl (C=O) groups excluding carboxylic acids is 3. The smallest absolute Gasteiger partial charge is 0.306 e. The minimum Gasteiger partial charge on any atom is -0.462 e. The Morgan fingerprint density at radius 3 is 0.853 bits per heavy atom. The molecule has 0 aliphatic heterocycles. The Bertz CT molecular complexity index is 1140. The highest BCUT2D eigenvalue weighted by molar-refractivity contribution is 5.71. The molecule has 0 aromatic heterocycles. The van der Waals surface area contributed by atoms with Gasteiger partial charge in [0, 0.05) is 19.3 Å².